The monoisotopic (exact) mass is 291 g/mol. The summed E-state index contributed by atoms with van der Waals surface area (Å²) in [7, 11) is 0. The van der Waals surface area contributed by atoms with E-state index in [0.29, 0.717) is 6.04 Å². The van der Waals surface area contributed by atoms with E-state index >= 15 is 0 Å². The predicted molar refractivity (Wildman–Crippen MR) is 82.2 cm³/mol. The lowest BCUT2D eigenvalue weighted by Gasteiger charge is -2.35. The van der Waals surface area contributed by atoms with Crippen molar-refractivity contribution in [2.24, 2.45) is 0 Å². The number of piperidine rings is 1. The summed E-state index contributed by atoms with van der Waals surface area (Å²) in [5, 5.41) is 10.6. The highest BCUT2D eigenvalue weighted by atomic mass is 16.2. The van der Waals surface area contributed by atoms with Crippen LogP contribution in [-0.4, -0.2) is 52.3 Å². The number of rotatable bonds is 4. The molecule has 21 heavy (non-hydrogen) atoms. The van der Waals surface area contributed by atoms with Crippen LogP contribution in [0.3, 0.4) is 0 Å². The predicted octanol–water partition coefficient (Wildman–Crippen LogP) is 1.06. The number of carbonyl (C=O) groups is 1. The average molecular weight is 291 g/mol. The van der Waals surface area contributed by atoms with Crippen molar-refractivity contribution in [3.63, 3.8) is 0 Å². The first kappa shape index (κ1) is 14.5. The Morgan fingerprint density at radius 2 is 2.24 bits per heavy atom. The molecule has 1 amide bonds. The summed E-state index contributed by atoms with van der Waals surface area (Å²) < 4.78 is 1.83. The van der Waals surface area contributed by atoms with Gasteiger partial charge in [-0.1, -0.05) is 0 Å². The minimum atomic E-state index is 0.0260. The normalized spacial score (nSPS) is 24.3. The Morgan fingerprint density at radius 3 is 2.95 bits per heavy atom. The van der Waals surface area contributed by atoms with E-state index < -0.39 is 0 Å². The summed E-state index contributed by atoms with van der Waals surface area (Å²) in [6.07, 6.45) is 8.01. The van der Waals surface area contributed by atoms with Gasteiger partial charge < -0.3 is 10.6 Å². The van der Waals surface area contributed by atoms with Crippen molar-refractivity contribution < 1.29 is 4.79 Å². The number of nitrogens with one attached hydrogen (secondary N) is 2. The van der Waals surface area contributed by atoms with Crippen LogP contribution in [0.2, 0.25) is 0 Å². The van der Waals surface area contributed by atoms with Gasteiger partial charge >= 0.3 is 0 Å². The van der Waals surface area contributed by atoms with Crippen LogP contribution in [0, 0.1) is 0 Å². The largest absolute Gasteiger partial charge is 0.322 e. The van der Waals surface area contributed by atoms with Gasteiger partial charge in [-0.25, -0.2) is 0 Å². The number of hydrogen-bond donors (Lipinski definition) is 2. The van der Waals surface area contributed by atoms with Gasteiger partial charge in [-0.3, -0.25) is 14.4 Å². The fraction of sp³-hybridized carbons (Fsp3) is 0.733. The minimum Gasteiger partial charge on any atom is -0.322 e. The average Bonchev–Trinajstić information content (AvgIpc) is 3.17. The Labute approximate surface area is 125 Å². The molecule has 0 bridgehead atoms. The van der Waals surface area contributed by atoms with Crippen LogP contribution in [0.15, 0.2) is 12.4 Å². The summed E-state index contributed by atoms with van der Waals surface area (Å²) in [6.45, 7) is 6.05. The van der Waals surface area contributed by atoms with E-state index in [1.165, 1.54) is 0 Å². The van der Waals surface area contributed by atoms with Crippen LogP contribution in [0.25, 0.3) is 0 Å². The van der Waals surface area contributed by atoms with Crippen LogP contribution in [0.4, 0.5) is 5.69 Å². The minimum absolute atomic E-state index is 0.0260. The Kier molecular flexibility index (Phi) is 4.55. The van der Waals surface area contributed by atoms with Gasteiger partial charge in [0.25, 0.3) is 0 Å². The van der Waals surface area contributed by atoms with E-state index in [4.69, 9.17) is 0 Å². The molecule has 3 heterocycles. The lowest BCUT2D eigenvalue weighted by Crippen LogP contribution is -2.49. The van der Waals surface area contributed by atoms with Crippen molar-refractivity contribution in [1.82, 2.24) is 20.0 Å². The molecule has 6 heteroatoms. The van der Waals surface area contributed by atoms with Crippen molar-refractivity contribution >= 4 is 11.6 Å². The van der Waals surface area contributed by atoms with Crippen LogP contribution >= 0.6 is 0 Å². The number of aromatic nitrogens is 2. The van der Waals surface area contributed by atoms with Crippen LogP contribution in [-0.2, 0) is 11.3 Å². The molecule has 2 fully saturated rings. The van der Waals surface area contributed by atoms with E-state index in [-0.39, 0.29) is 11.9 Å². The van der Waals surface area contributed by atoms with Crippen molar-refractivity contribution in [2.45, 2.75) is 51.2 Å². The Morgan fingerprint density at radius 1 is 1.43 bits per heavy atom. The number of amides is 1. The van der Waals surface area contributed by atoms with E-state index in [2.05, 4.69) is 20.6 Å². The van der Waals surface area contributed by atoms with Gasteiger partial charge in [0.15, 0.2) is 0 Å². The molecule has 2 aliphatic heterocycles. The van der Waals surface area contributed by atoms with Crippen LogP contribution in [0.1, 0.15) is 32.6 Å². The van der Waals surface area contributed by atoms with Gasteiger partial charge in [-0.15, -0.1) is 0 Å². The zero-order chi connectivity index (χ0) is 14.7. The molecule has 1 unspecified atom stereocenters. The molecule has 0 spiro atoms. The second-order valence-electron chi connectivity index (χ2n) is 5.95. The summed E-state index contributed by atoms with van der Waals surface area (Å²) in [5.41, 5.74) is 0.805. The molecule has 2 saturated heterocycles. The topological polar surface area (TPSA) is 62.2 Å². The molecule has 2 aliphatic rings. The zero-order valence-corrected chi connectivity index (χ0v) is 12.7. The van der Waals surface area contributed by atoms with Crippen LogP contribution < -0.4 is 10.6 Å². The van der Waals surface area contributed by atoms with Crippen molar-refractivity contribution in [1.29, 1.82) is 0 Å². The maximum Gasteiger partial charge on any atom is 0.241 e. The third-order valence-electron chi connectivity index (χ3n) is 4.60. The summed E-state index contributed by atoms with van der Waals surface area (Å²) in [6, 6.07) is 0.584. The number of aryl methyl sites for hydroxylation is 1. The Bertz CT molecular complexity index is 480. The molecule has 0 aromatic carbocycles. The summed E-state index contributed by atoms with van der Waals surface area (Å²) in [5.74, 6) is 0.127. The highest BCUT2D eigenvalue weighted by Gasteiger charge is 2.35. The van der Waals surface area contributed by atoms with E-state index in [0.717, 1.165) is 57.5 Å². The molecule has 0 aliphatic carbocycles. The molecular weight excluding hydrogens is 266 g/mol. The Hall–Kier alpha value is -1.40. The smallest absolute Gasteiger partial charge is 0.241 e. The van der Waals surface area contributed by atoms with Gasteiger partial charge in [-0.05, 0) is 52.2 Å². The maximum absolute atomic E-state index is 12.6. The first-order valence-corrected chi connectivity index (χ1v) is 8.07. The van der Waals surface area contributed by atoms with Gasteiger partial charge in [0, 0.05) is 18.8 Å². The van der Waals surface area contributed by atoms with E-state index in [9.17, 15) is 4.79 Å². The fourth-order valence-electron chi connectivity index (χ4n) is 3.47. The molecular formula is C15H25N5O. The van der Waals surface area contributed by atoms with Crippen molar-refractivity contribution in [3.05, 3.63) is 12.4 Å². The summed E-state index contributed by atoms with van der Waals surface area (Å²) in [4.78, 5) is 15.0. The molecule has 0 radical (unpaired) electrons. The lowest BCUT2D eigenvalue weighted by molar-refractivity contribution is -0.121. The number of anilines is 1. The first-order valence-electron chi connectivity index (χ1n) is 8.07. The van der Waals surface area contributed by atoms with Crippen molar-refractivity contribution in [2.75, 3.05) is 25.0 Å². The number of nitrogens with zero attached hydrogens (tertiary/aromatic N) is 3. The van der Waals surface area contributed by atoms with Crippen LogP contribution in [0.5, 0.6) is 0 Å². The molecule has 1 aromatic rings. The van der Waals surface area contributed by atoms with Gasteiger partial charge in [0.2, 0.25) is 5.91 Å². The van der Waals surface area contributed by atoms with Gasteiger partial charge in [0.1, 0.15) is 0 Å². The summed E-state index contributed by atoms with van der Waals surface area (Å²) >= 11 is 0. The number of hydrogen-bond acceptors (Lipinski definition) is 4. The molecule has 2 N–H and O–H groups in total. The fourth-order valence-corrected chi connectivity index (χ4v) is 3.47. The molecule has 116 valence electrons. The molecule has 1 aromatic heterocycles. The second-order valence-corrected chi connectivity index (χ2v) is 5.95. The third-order valence-corrected chi connectivity index (χ3v) is 4.60. The standard InChI is InChI=1S/C15H25N5O/c1-2-19-11-12(10-17-19)18-15(21)14-4-3-9-20(14)13-5-7-16-8-6-13/h10-11,13-14,16H,2-9H2,1H3,(H,18,21). The molecule has 0 saturated carbocycles. The molecule has 6 nitrogen and oxygen atoms in total. The lowest BCUT2D eigenvalue weighted by atomic mass is 10.0. The third kappa shape index (κ3) is 3.27. The number of likely N-dealkylation sites (tertiary alicyclic amines) is 1. The van der Waals surface area contributed by atoms with E-state index in [1.807, 2.05) is 17.8 Å². The second kappa shape index (κ2) is 6.58. The Balaban J connectivity index is 1.62. The maximum atomic E-state index is 12.6. The SMILES string of the molecule is CCn1cc(NC(=O)C2CCCN2C2CCNCC2)cn1. The molecule has 3 rings (SSSR count). The van der Waals surface area contributed by atoms with Gasteiger partial charge in [-0.2, -0.15) is 5.10 Å². The van der Waals surface area contributed by atoms with E-state index in [1.54, 1.807) is 6.20 Å². The highest BCUT2D eigenvalue weighted by molar-refractivity contribution is 5.94. The molecule has 1 atom stereocenters. The zero-order valence-electron chi connectivity index (χ0n) is 12.7. The number of carbonyl (C=O) groups excluding carboxylic acids is 1. The van der Waals surface area contributed by atoms with Crippen molar-refractivity contribution in [3.8, 4) is 0 Å². The van der Waals surface area contributed by atoms with Gasteiger partial charge in [0.05, 0.1) is 17.9 Å². The first-order chi connectivity index (χ1) is 10.3. The quantitative estimate of drug-likeness (QED) is 0.871. The highest BCUT2D eigenvalue weighted by Crippen LogP contribution is 2.25.